The number of benzene rings is 1. The summed E-state index contributed by atoms with van der Waals surface area (Å²) in [7, 11) is 2.29. The molecule has 0 radical (unpaired) electrons. The highest BCUT2D eigenvalue weighted by molar-refractivity contribution is 5.61. The number of anilines is 1. The highest BCUT2D eigenvalue weighted by Crippen LogP contribution is 2.36. The van der Waals surface area contributed by atoms with Crippen LogP contribution in [0.5, 0.6) is 0 Å². The second kappa shape index (κ2) is 5.19. The first kappa shape index (κ1) is 12.9. The number of hydrogen-bond acceptors (Lipinski definition) is 3. The van der Waals surface area contributed by atoms with Crippen molar-refractivity contribution in [1.82, 2.24) is 14.7 Å². The minimum Gasteiger partial charge on any atom is -0.380 e. The quantitative estimate of drug-likeness (QED) is 0.939. The summed E-state index contributed by atoms with van der Waals surface area (Å²) >= 11 is 0. The molecule has 0 saturated carbocycles. The minimum atomic E-state index is 0.579. The number of nitrogens with one attached hydrogen (secondary N) is 1. The molecule has 2 fully saturated rings. The second-order valence-electron chi connectivity index (χ2n) is 6.33. The Morgan fingerprint density at radius 2 is 1.86 bits per heavy atom. The molecule has 2 atom stereocenters. The SMILES string of the molecule is CN1C2CCC1CC(Nc1ccccc1-n1cccn1)C2. The third-order valence-corrected chi connectivity index (χ3v) is 5.11. The van der Waals surface area contributed by atoms with Crippen LogP contribution in [0, 0.1) is 0 Å². The number of nitrogens with zero attached hydrogens (tertiary/aromatic N) is 3. The normalized spacial score (nSPS) is 28.7. The maximum Gasteiger partial charge on any atom is 0.0876 e. The molecule has 21 heavy (non-hydrogen) atoms. The third kappa shape index (κ3) is 2.33. The summed E-state index contributed by atoms with van der Waals surface area (Å²) in [5.74, 6) is 0. The van der Waals surface area contributed by atoms with Gasteiger partial charge in [0, 0.05) is 30.5 Å². The van der Waals surface area contributed by atoms with Crippen molar-refractivity contribution in [3.63, 3.8) is 0 Å². The van der Waals surface area contributed by atoms with Crippen LogP contribution in [0.3, 0.4) is 0 Å². The molecule has 0 aliphatic carbocycles. The van der Waals surface area contributed by atoms with Crippen LogP contribution in [-0.2, 0) is 0 Å². The molecule has 2 bridgehead atoms. The van der Waals surface area contributed by atoms with Crippen LogP contribution in [0.15, 0.2) is 42.7 Å². The molecule has 1 N–H and O–H groups in total. The first-order valence-corrected chi connectivity index (χ1v) is 7.89. The van der Waals surface area contributed by atoms with Crippen LogP contribution in [0.4, 0.5) is 5.69 Å². The van der Waals surface area contributed by atoms with Gasteiger partial charge in [0.2, 0.25) is 0 Å². The van der Waals surface area contributed by atoms with E-state index in [1.54, 1.807) is 0 Å². The maximum absolute atomic E-state index is 4.36. The van der Waals surface area contributed by atoms with Gasteiger partial charge in [0.05, 0.1) is 11.4 Å². The van der Waals surface area contributed by atoms with Crippen molar-refractivity contribution in [2.45, 2.75) is 43.8 Å². The van der Waals surface area contributed by atoms with E-state index in [-0.39, 0.29) is 0 Å². The summed E-state index contributed by atoms with van der Waals surface area (Å²) in [5.41, 5.74) is 2.32. The van der Waals surface area contributed by atoms with Gasteiger partial charge in [0.15, 0.2) is 0 Å². The van der Waals surface area contributed by atoms with E-state index in [1.807, 2.05) is 23.1 Å². The maximum atomic E-state index is 4.36. The van der Waals surface area contributed by atoms with Crippen molar-refractivity contribution in [3.05, 3.63) is 42.7 Å². The highest BCUT2D eigenvalue weighted by Gasteiger charge is 2.38. The lowest BCUT2D eigenvalue weighted by atomic mass is 9.97. The molecule has 0 spiro atoms. The smallest absolute Gasteiger partial charge is 0.0876 e. The zero-order valence-electron chi connectivity index (χ0n) is 12.4. The Bertz CT molecular complexity index is 593. The van der Waals surface area contributed by atoms with E-state index in [1.165, 1.54) is 31.4 Å². The van der Waals surface area contributed by atoms with E-state index in [2.05, 4.69) is 46.6 Å². The summed E-state index contributed by atoms with van der Waals surface area (Å²) in [6, 6.07) is 12.5. The first-order valence-electron chi connectivity index (χ1n) is 7.89. The fourth-order valence-corrected chi connectivity index (χ4v) is 3.96. The minimum absolute atomic E-state index is 0.579. The molecule has 4 rings (SSSR count). The Morgan fingerprint density at radius 3 is 2.57 bits per heavy atom. The van der Waals surface area contributed by atoms with Crippen molar-refractivity contribution in [3.8, 4) is 5.69 Å². The largest absolute Gasteiger partial charge is 0.380 e. The van der Waals surface area contributed by atoms with Crippen molar-refractivity contribution < 1.29 is 0 Å². The van der Waals surface area contributed by atoms with Gasteiger partial charge in [0.1, 0.15) is 0 Å². The van der Waals surface area contributed by atoms with Gasteiger partial charge in [-0.2, -0.15) is 5.10 Å². The summed E-state index contributed by atoms with van der Waals surface area (Å²) in [6.07, 6.45) is 9.05. The third-order valence-electron chi connectivity index (χ3n) is 5.11. The molecule has 0 amide bonds. The van der Waals surface area contributed by atoms with Crippen molar-refractivity contribution in [2.75, 3.05) is 12.4 Å². The Labute approximate surface area is 125 Å². The van der Waals surface area contributed by atoms with Gasteiger partial charge < -0.3 is 10.2 Å². The number of rotatable bonds is 3. The molecule has 2 unspecified atom stereocenters. The summed E-state index contributed by atoms with van der Waals surface area (Å²) in [5, 5.41) is 8.13. The second-order valence-corrected chi connectivity index (χ2v) is 6.33. The molecule has 2 aliphatic rings. The van der Waals surface area contributed by atoms with Crippen molar-refractivity contribution >= 4 is 5.69 Å². The molecule has 4 heteroatoms. The zero-order valence-corrected chi connectivity index (χ0v) is 12.4. The molecule has 2 saturated heterocycles. The van der Waals surface area contributed by atoms with Crippen LogP contribution < -0.4 is 5.32 Å². The summed E-state index contributed by atoms with van der Waals surface area (Å²) < 4.78 is 1.94. The zero-order chi connectivity index (χ0) is 14.2. The fourth-order valence-electron chi connectivity index (χ4n) is 3.96. The predicted octanol–water partition coefficient (Wildman–Crippen LogP) is 2.91. The average Bonchev–Trinajstić information content (AvgIpc) is 3.08. The molecular weight excluding hydrogens is 260 g/mol. The Morgan fingerprint density at radius 1 is 1.10 bits per heavy atom. The van der Waals surface area contributed by atoms with Gasteiger partial charge >= 0.3 is 0 Å². The number of fused-ring (bicyclic) bond motifs is 2. The number of piperidine rings is 1. The molecule has 3 heterocycles. The Kier molecular flexibility index (Phi) is 3.19. The topological polar surface area (TPSA) is 33.1 Å². The van der Waals surface area contributed by atoms with Crippen LogP contribution in [0.25, 0.3) is 5.69 Å². The van der Waals surface area contributed by atoms with E-state index in [9.17, 15) is 0 Å². The standard InChI is InChI=1S/C17H22N4/c1-20-14-7-8-15(20)12-13(11-14)19-16-5-2-3-6-17(16)21-10-4-9-18-21/h2-6,9-10,13-15,19H,7-8,11-12H2,1H3. The number of hydrogen-bond donors (Lipinski definition) is 1. The molecule has 1 aromatic carbocycles. The molecular formula is C17H22N4. The van der Waals surface area contributed by atoms with Crippen molar-refractivity contribution in [1.29, 1.82) is 0 Å². The molecule has 1 aromatic heterocycles. The van der Waals surface area contributed by atoms with Gasteiger partial charge in [-0.15, -0.1) is 0 Å². The number of aromatic nitrogens is 2. The van der Waals surface area contributed by atoms with Crippen LogP contribution in [-0.4, -0.2) is 39.9 Å². The lowest BCUT2D eigenvalue weighted by molar-refractivity contribution is 0.169. The van der Waals surface area contributed by atoms with Crippen LogP contribution in [0.1, 0.15) is 25.7 Å². The van der Waals surface area contributed by atoms with Gasteiger partial charge in [-0.3, -0.25) is 0 Å². The Balaban J connectivity index is 1.56. The molecule has 110 valence electrons. The fraction of sp³-hybridized carbons (Fsp3) is 0.471. The monoisotopic (exact) mass is 282 g/mol. The van der Waals surface area contributed by atoms with E-state index in [0.29, 0.717) is 6.04 Å². The van der Waals surface area contributed by atoms with Crippen LogP contribution in [0.2, 0.25) is 0 Å². The van der Waals surface area contributed by atoms with E-state index in [4.69, 9.17) is 0 Å². The van der Waals surface area contributed by atoms with Crippen LogP contribution >= 0.6 is 0 Å². The van der Waals surface area contributed by atoms with Crippen molar-refractivity contribution in [2.24, 2.45) is 0 Å². The number of para-hydroxylation sites is 2. The molecule has 2 aromatic rings. The van der Waals surface area contributed by atoms with Gasteiger partial charge in [0.25, 0.3) is 0 Å². The predicted molar refractivity (Wildman–Crippen MR) is 84.8 cm³/mol. The van der Waals surface area contributed by atoms with E-state index < -0.39 is 0 Å². The van der Waals surface area contributed by atoms with Gasteiger partial charge in [-0.25, -0.2) is 4.68 Å². The van der Waals surface area contributed by atoms with Gasteiger partial charge in [-0.05, 0) is 50.9 Å². The lowest BCUT2D eigenvalue weighted by Crippen LogP contribution is -2.44. The van der Waals surface area contributed by atoms with E-state index in [0.717, 1.165) is 17.8 Å². The highest BCUT2D eigenvalue weighted by atomic mass is 15.3. The van der Waals surface area contributed by atoms with E-state index >= 15 is 0 Å². The summed E-state index contributed by atoms with van der Waals surface area (Å²) in [6.45, 7) is 0. The lowest BCUT2D eigenvalue weighted by Gasteiger charge is -2.37. The molecule has 4 nitrogen and oxygen atoms in total. The average molecular weight is 282 g/mol. The summed E-state index contributed by atoms with van der Waals surface area (Å²) in [4.78, 5) is 2.58. The first-order chi connectivity index (χ1) is 10.3. The molecule has 2 aliphatic heterocycles. The Hall–Kier alpha value is -1.81. The van der Waals surface area contributed by atoms with Gasteiger partial charge in [-0.1, -0.05) is 12.1 Å².